The van der Waals surface area contributed by atoms with E-state index in [1.165, 1.54) is 4.88 Å². The van der Waals surface area contributed by atoms with Gasteiger partial charge < -0.3 is 14.4 Å². The molecule has 0 bridgehead atoms. The van der Waals surface area contributed by atoms with Crippen LogP contribution < -0.4 is 9.47 Å². The Morgan fingerprint density at radius 2 is 2.14 bits per heavy atom. The maximum absolute atomic E-state index is 12.8. The zero-order valence-electron chi connectivity index (χ0n) is 11.5. The fraction of sp³-hybridized carbons (Fsp3) is 0.312. The van der Waals surface area contributed by atoms with Crippen molar-refractivity contribution < 1.29 is 14.3 Å². The number of benzene rings is 1. The van der Waals surface area contributed by atoms with Crippen LogP contribution in [0.4, 0.5) is 0 Å². The van der Waals surface area contributed by atoms with Crippen molar-refractivity contribution in [3.63, 3.8) is 0 Å². The van der Waals surface area contributed by atoms with Gasteiger partial charge in [-0.2, -0.15) is 0 Å². The van der Waals surface area contributed by atoms with Crippen molar-refractivity contribution in [3.8, 4) is 11.5 Å². The third-order valence-corrected chi connectivity index (χ3v) is 4.98. The molecule has 21 heavy (non-hydrogen) atoms. The number of rotatable bonds is 2. The van der Waals surface area contributed by atoms with Crippen LogP contribution in [0.3, 0.4) is 0 Å². The van der Waals surface area contributed by atoms with E-state index in [1.807, 2.05) is 23.1 Å². The van der Waals surface area contributed by atoms with Crippen LogP contribution in [-0.4, -0.2) is 24.1 Å². The molecule has 2 aliphatic rings. The second kappa shape index (κ2) is 5.07. The van der Waals surface area contributed by atoms with Gasteiger partial charge in [-0.15, -0.1) is 11.3 Å². The second-order valence-corrected chi connectivity index (χ2v) is 6.22. The summed E-state index contributed by atoms with van der Waals surface area (Å²) in [5.74, 6) is 1.44. The first-order chi connectivity index (χ1) is 10.3. The zero-order chi connectivity index (χ0) is 14.2. The van der Waals surface area contributed by atoms with Gasteiger partial charge in [-0.05, 0) is 42.5 Å². The highest BCUT2D eigenvalue weighted by atomic mass is 32.1. The number of amides is 1. The highest BCUT2D eigenvalue weighted by Crippen LogP contribution is 2.37. The number of hydrogen-bond donors (Lipinski definition) is 0. The minimum Gasteiger partial charge on any atom is -0.454 e. The minimum absolute atomic E-state index is 0.0733. The molecular formula is C16H15NO3S. The van der Waals surface area contributed by atoms with Crippen molar-refractivity contribution in [2.75, 3.05) is 13.3 Å². The van der Waals surface area contributed by atoms with Crippen molar-refractivity contribution in [1.82, 2.24) is 4.90 Å². The minimum atomic E-state index is 0.0733. The first-order valence-electron chi connectivity index (χ1n) is 7.07. The van der Waals surface area contributed by atoms with Gasteiger partial charge in [0, 0.05) is 17.0 Å². The summed E-state index contributed by atoms with van der Waals surface area (Å²) in [5.41, 5.74) is 0.669. The lowest BCUT2D eigenvalue weighted by atomic mass is 10.1. The van der Waals surface area contributed by atoms with E-state index in [9.17, 15) is 4.79 Å². The van der Waals surface area contributed by atoms with E-state index in [0.29, 0.717) is 17.1 Å². The van der Waals surface area contributed by atoms with Crippen LogP contribution in [0.25, 0.3) is 0 Å². The molecule has 108 valence electrons. The van der Waals surface area contributed by atoms with Gasteiger partial charge in [0.15, 0.2) is 11.5 Å². The zero-order valence-corrected chi connectivity index (χ0v) is 12.3. The summed E-state index contributed by atoms with van der Waals surface area (Å²) in [6, 6.07) is 9.78. The number of carbonyl (C=O) groups excluding carboxylic acids is 1. The first-order valence-corrected chi connectivity index (χ1v) is 7.95. The monoisotopic (exact) mass is 301 g/mol. The molecule has 0 spiro atoms. The van der Waals surface area contributed by atoms with Gasteiger partial charge in [-0.3, -0.25) is 4.79 Å². The Labute approximate surface area is 126 Å². The van der Waals surface area contributed by atoms with E-state index in [-0.39, 0.29) is 18.7 Å². The van der Waals surface area contributed by atoms with Crippen molar-refractivity contribution in [2.45, 2.75) is 18.9 Å². The molecule has 2 aromatic rings. The third kappa shape index (κ3) is 2.17. The molecule has 0 saturated carbocycles. The quantitative estimate of drug-likeness (QED) is 0.852. The second-order valence-electron chi connectivity index (χ2n) is 5.24. The third-order valence-electron chi connectivity index (χ3n) is 4.00. The van der Waals surface area contributed by atoms with Crippen molar-refractivity contribution >= 4 is 17.2 Å². The normalized spacial score (nSPS) is 20.0. The summed E-state index contributed by atoms with van der Waals surface area (Å²) in [7, 11) is 0. The van der Waals surface area contributed by atoms with Gasteiger partial charge in [0.05, 0.1) is 6.04 Å². The van der Waals surface area contributed by atoms with Crippen LogP contribution in [0.2, 0.25) is 0 Å². The fourth-order valence-electron chi connectivity index (χ4n) is 2.98. The van der Waals surface area contributed by atoms with Crippen LogP contribution in [0.15, 0.2) is 35.7 Å². The van der Waals surface area contributed by atoms with E-state index < -0.39 is 0 Å². The van der Waals surface area contributed by atoms with Gasteiger partial charge in [0.2, 0.25) is 6.79 Å². The average molecular weight is 301 g/mol. The molecule has 1 saturated heterocycles. The molecule has 5 heteroatoms. The maximum atomic E-state index is 12.8. The maximum Gasteiger partial charge on any atom is 0.254 e. The predicted molar refractivity (Wildman–Crippen MR) is 79.9 cm³/mol. The van der Waals surface area contributed by atoms with Crippen molar-refractivity contribution in [2.24, 2.45) is 0 Å². The summed E-state index contributed by atoms with van der Waals surface area (Å²) < 4.78 is 10.7. The van der Waals surface area contributed by atoms with Crippen LogP contribution in [-0.2, 0) is 0 Å². The SMILES string of the molecule is O=C(c1ccc2c(c1)OCO2)N1CCC[C@@H]1c1cccs1. The standard InChI is InChI=1S/C16H15NO3S/c18-16(11-5-6-13-14(9-11)20-10-19-13)17-7-1-3-12(17)15-4-2-8-21-15/h2,4-6,8-9,12H,1,3,7,10H2/t12-/m1/s1. The molecule has 0 unspecified atom stereocenters. The van der Waals surface area contributed by atoms with Gasteiger partial charge in [0.1, 0.15) is 0 Å². The number of ether oxygens (including phenoxy) is 2. The Balaban J connectivity index is 1.62. The number of hydrogen-bond acceptors (Lipinski definition) is 4. The molecular weight excluding hydrogens is 286 g/mol. The molecule has 1 amide bonds. The predicted octanol–water partition coefficient (Wildman–Crippen LogP) is 3.45. The van der Waals surface area contributed by atoms with Crippen LogP contribution >= 0.6 is 11.3 Å². The Kier molecular flexibility index (Phi) is 3.07. The average Bonchev–Trinajstić information content (AvgIpc) is 3.24. The molecule has 2 aliphatic heterocycles. The van der Waals surface area contributed by atoms with Crippen molar-refractivity contribution in [3.05, 3.63) is 46.2 Å². The lowest BCUT2D eigenvalue weighted by Gasteiger charge is -2.24. The van der Waals surface area contributed by atoms with E-state index >= 15 is 0 Å². The molecule has 0 radical (unpaired) electrons. The summed E-state index contributed by atoms with van der Waals surface area (Å²) in [4.78, 5) is 16.0. The summed E-state index contributed by atoms with van der Waals surface area (Å²) in [6.45, 7) is 1.05. The molecule has 1 aromatic carbocycles. The Hall–Kier alpha value is -2.01. The highest BCUT2D eigenvalue weighted by molar-refractivity contribution is 7.10. The van der Waals surface area contributed by atoms with Gasteiger partial charge in [0.25, 0.3) is 5.91 Å². The molecule has 4 rings (SSSR count). The number of nitrogens with zero attached hydrogens (tertiary/aromatic N) is 1. The fourth-order valence-corrected chi connectivity index (χ4v) is 3.86. The van der Waals surface area contributed by atoms with Crippen LogP contribution in [0.5, 0.6) is 11.5 Å². The lowest BCUT2D eigenvalue weighted by molar-refractivity contribution is 0.0737. The number of likely N-dealkylation sites (tertiary alicyclic amines) is 1. The van der Waals surface area contributed by atoms with Gasteiger partial charge >= 0.3 is 0 Å². The Morgan fingerprint density at radius 1 is 1.24 bits per heavy atom. The van der Waals surface area contributed by atoms with Crippen LogP contribution in [0.1, 0.15) is 34.1 Å². The van der Waals surface area contributed by atoms with E-state index in [0.717, 1.165) is 19.4 Å². The summed E-state index contributed by atoms with van der Waals surface area (Å²) >= 11 is 1.72. The first kappa shape index (κ1) is 12.7. The number of fused-ring (bicyclic) bond motifs is 1. The topological polar surface area (TPSA) is 38.8 Å². The summed E-state index contributed by atoms with van der Waals surface area (Å²) in [5, 5.41) is 2.07. The Morgan fingerprint density at radius 3 is 3.00 bits per heavy atom. The molecule has 1 fully saturated rings. The van der Waals surface area contributed by atoms with Crippen molar-refractivity contribution in [1.29, 1.82) is 0 Å². The van der Waals surface area contributed by atoms with Gasteiger partial charge in [-0.1, -0.05) is 6.07 Å². The van der Waals surface area contributed by atoms with E-state index in [2.05, 4.69) is 11.4 Å². The highest BCUT2D eigenvalue weighted by Gasteiger charge is 2.31. The Bertz CT molecular complexity index is 668. The summed E-state index contributed by atoms with van der Waals surface area (Å²) in [6.07, 6.45) is 2.09. The molecule has 1 aromatic heterocycles. The van der Waals surface area contributed by atoms with E-state index in [1.54, 1.807) is 17.4 Å². The van der Waals surface area contributed by atoms with Gasteiger partial charge in [-0.25, -0.2) is 0 Å². The van der Waals surface area contributed by atoms with Crippen LogP contribution in [0, 0.1) is 0 Å². The van der Waals surface area contributed by atoms with E-state index in [4.69, 9.17) is 9.47 Å². The molecule has 0 N–H and O–H groups in total. The molecule has 3 heterocycles. The smallest absolute Gasteiger partial charge is 0.254 e. The number of carbonyl (C=O) groups is 1. The number of thiophene rings is 1. The molecule has 0 aliphatic carbocycles. The molecule has 1 atom stereocenters. The lowest BCUT2D eigenvalue weighted by Crippen LogP contribution is -2.30. The largest absolute Gasteiger partial charge is 0.454 e. The molecule has 4 nitrogen and oxygen atoms in total.